The van der Waals surface area contributed by atoms with Gasteiger partial charge in [-0.05, 0) is 31.5 Å². The quantitative estimate of drug-likeness (QED) is 0.846. The van der Waals surface area contributed by atoms with Crippen LogP contribution in [-0.2, 0) is 0 Å². The minimum atomic E-state index is -0.402. The number of hydrogen-bond donors (Lipinski definition) is 1. The van der Waals surface area contributed by atoms with E-state index in [0.717, 1.165) is 16.7 Å². The number of carbonyl (C=O) groups is 1. The van der Waals surface area contributed by atoms with Crippen molar-refractivity contribution in [2.75, 3.05) is 0 Å². The van der Waals surface area contributed by atoms with Crippen LogP contribution < -0.4 is 5.32 Å². The number of benzene rings is 1. The zero-order valence-electron chi connectivity index (χ0n) is 15.3. The van der Waals surface area contributed by atoms with Gasteiger partial charge in [0.15, 0.2) is 0 Å². The number of allylic oxidation sites excluding steroid dienone is 2. The second-order valence-electron chi connectivity index (χ2n) is 7.18. The Morgan fingerprint density at radius 1 is 1.12 bits per heavy atom. The Kier molecular flexibility index (Phi) is 5.38. The second kappa shape index (κ2) is 7.31. The molecule has 0 aliphatic rings. The Bertz CT molecular complexity index is 833. The van der Waals surface area contributed by atoms with Crippen LogP contribution in [0.5, 0.6) is 0 Å². The van der Waals surface area contributed by atoms with Crippen LogP contribution in [0, 0.1) is 30.6 Å². The number of pyridine rings is 1. The molecule has 0 saturated carbocycles. The molecule has 1 aromatic heterocycles. The summed E-state index contributed by atoms with van der Waals surface area (Å²) in [6, 6.07) is 11.7. The maximum absolute atomic E-state index is 12.6. The van der Waals surface area contributed by atoms with E-state index in [1.165, 1.54) is 6.20 Å². The topological polar surface area (TPSA) is 65.8 Å². The molecule has 0 fully saturated rings. The largest absolute Gasteiger partial charge is 0.324 e. The fourth-order valence-corrected chi connectivity index (χ4v) is 2.69. The Labute approximate surface area is 149 Å². The van der Waals surface area contributed by atoms with E-state index in [9.17, 15) is 10.1 Å². The number of carbonyl (C=O) groups excluding carboxylic acids is 1. The van der Waals surface area contributed by atoms with Crippen molar-refractivity contribution in [2.45, 2.75) is 34.6 Å². The monoisotopic (exact) mass is 333 g/mol. The summed E-state index contributed by atoms with van der Waals surface area (Å²) in [4.78, 5) is 16.6. The highest BCUT2D eigenvalue weighted by Crippen LogP contribution is 2.31. The molecule has 2 aromatic rings. The standard InChI is InChI=1S/C21H23N3O/c1-14-9-15(2)11-17(10-14)18(12-22)19(21(3,4)5)24-20(25)16-7-6-8-23-13-16/h6-11,13H,1-5H3,(H,24,25). The molecule has 0 spiro atoms. The minimum absolute atomic E-state index is 0.268. The summed E-state index contributed by atoms with van der Waals surface area (Å²) in [6.07, 6.45) is 3.13. The summed E-state index contributed by atoms with van der Waals surface area (Å²) in [7, 11) is 0. The van der Waals surface area contributed by atoms with Crippen LogP contribution in [0.1, 0.15) is 47.8 Å². The Balaban J connectivity index is 2.56. The Hall–Kier alpha value is -2.93. The summed E-state index contributed by atoms with van der Waals surface area (Å²) >= 11 is 0. The van der Waals surface area contributed by atoms with Crippen molar-refractivity contribution in [3.63, 3.8) is 0 Å². The van der Waals surface area contributed by atoms with Gasteiger partial charge in [-0.2, -0.15) is 5.26 Å². The number of nitrogens with zero attached hydrogens (tertiary/aromatic N) is 2. The van der Waals surface area contributed by atoms with E-state index in [-0.39, 0.29) is 5.91 Å². The zero-order valence-corrected chi connectivity index (χ0v) is 15.3. The third kappa shape index (κ3) is 4.54. The zero-order chi connectivity index (χ0) is 18.6. The van der Waals surface area contributed by atoms with E-state index in [1.54, 1.807) is 18.3 Å². The van der Waals surface area contributed by atoms with Gasteiger partial charge in [-0.1, -0.05) is 50.1 Å². The number of hydrogen-bond acceptors (Lipinski definition) is 3. The van der Waals surface area contributed by atoms with Crippen LogP contribution >= 0.6 is 0 Å². The maximum atomic E-state index is 12.6. The fourth-order valence-electron chi connectivity index (χ4n) is 2.69. The van der Waals surface area contributed by atoms with E-state index in [0.29, 0.717) is 16.8 Å². The molecule has 128 valence electrons. The van der Waals surface area contributed by atoms with Crippen molar-refractivity contribution in [1.29, 1.82) is 5.26 Å². The van der Waals surface area contributed by atoms with Crippen molar-refractivity contribution in [1.82, 2.24) is 10.3 Å². The number of nitrogens with one attached hydrogen (secondary N) is 1. The number of amides is 1. The lowest BCUT2D eigenvalue weighted by molar-refractivity contribution is 0.0957. The summed E-state index contributed by atoms with van der Waals surface area (Å²) in [5.74, 6) is -0.268. The SMILES string of the molecule is Cc1cc(C)cc(C(C#N)=C(NC(=O)c2cccnc2)C(C)(C)C)c1. The van der Waals surface area contributed by atoms with Crippen LogP contribution in [0.3, 0.4) is 0 Å². The minimum Gasteiger partial charge on any atom is -0.324 e. The highest BCUT2D eigenvalue weighted by atomic mass is 16.1. The van der Waals surface area contributed by atoms with Crippen LogP contribution in [0.4, 0.5) is 0 Å². The summed E-state index contributed by atoms with van der Waals surface area (Å²) in [5, 5.41) is 12.7. The highest BCUT2D eigenvalue weighted by molar-refractivity contribution is 5.97. The molecule has 1 amide bonds. The molecule has 0 atom stereocenters. The molecule has 0 radical (unpaired) electrons. The lowest BCUT2D eigenvalue weighted by Crippen LogP contribution is -2.31. The van der Waals surface area contributed by atoms with Crippen LogP contribution in [0.15, 0.2) is 48.4 Å². The third-order valence-corrected chi connectivity index (χ3v) is 3.78. The molecule has 0 unspecified atom stereocenters. The Morgan fingerprint density at radius 3 is 2.24 bits per heavy atom. The molecule has 0 aliphatic carbocycles. The van der Waals surface area contributed by atoms with Gasteiger partial charge in [0.2, 0.25) is 0 Å². The first-order valence-corrected chi connectivity index (χ1v) is 8.17. The maximum Gasteiger partial charge on any atom is 0.257 e. The highest BCUT2D eigenvalue weighted by Gasteiger charge is 2.25. The summed E-state index contributed by atoms with van der Waals surface area (Å²) in [6.45, 7) is 9.93. The first kappa shape index (κ1) is 18.4. The lowest BCUT2D eigenvalue weighted by Gasteiger charge is -2.25. The smallest absolute Gasteiger partial charge is 0.257 e. The summed E-state index contributed by atoms with van der Waals surface area (Å²) < 4.78 is 0. The predicted molar refractivity (Wildman–Crippen MR) is 99.6 cm³/mol. The second-order valence-corrected chi connectivity index (χ2v) is 7.18. The molecule has 0 bridgehead atoms. The normalized spacial score (nSPS) is 12.2. The number of aryl methyl sites for hydroxylation is 2. The molecule has 0 saturated heterocycles. The first-order chi connectivity index (χ1) is 11.7. The molecule has 1 heterocycles. The van der Waals surface area contributed by atoms with Crippen LogP contribution in [-0.4, -0.2) is 10.9 Å². The van der Waals surface area contributed by atoms with E-state index >= 15 is 0 Å². The van der Waals surface area contributed by atoms with Gasteiger partial charge in [0.25, 0.3) is 5.91 Å². The Morgan fingerprint density at radius 2 is 1.76 bits per heavy atom. The van der Waals surface area contributed by atoms with E-state index < -0.39 is 5.41 Å². The van der Waals surface area contributed by atoms with Gasteiger partial charge >= 0.3 is 0 Å². The van der Waals surface area contributed by atoms with Crippen molar-refractivity contribution >= 4 is 11.5 Å². The van der Waals surface area contributed by atoms with Crippen molar-refractivity contribution in [3.8, 4) is 6.07 Å². The molecule has 1 N–H and O–H groups in total. The average molecular weight is 333 g/mol. The van der Waals surface area contributed by atoms with Gasteiger partial charge in [-0.3, -0.25) is 9.78 Å². The average Bonchev–Trinajstić information content (AvgIpc) is 2.53. The van der Waals surface area contributed by atoms with Crippen molar-refractivity contribution in [3.05, 3.63) is 70.7 Å². The lowest BCUT2D eigenvalue weighted by atomic mass is 9.86. The van der Waals surface area contributed by atoms with Gasteiger partial charge < -0.3 is 5.32 Å². The van der Waals surface area contributed by atoms with Gasteiger partial charge in [0.1, 0.15) is 6.07 Å². The fraction of sp³-hybridized carbons (Fsp3) is 0.286. The molecule has 4 heteroatoms. The van der Waals surface area contributed by atoms with Gasteiger partial charge in [-0.15, -0.1) is 0 Å². The number of rotatable bonds is 3. The third-order valence-electron chi connectivity index (χ3n) is 3.78. The molecule has 4 nitrogen and oxygen atoms in total. The van der Waals surface area contributed by atoms with Crippen LogP contribution in [0.2, 0.25) is 0 Å². The molecular weight excluding hydrogens is 310 g/mol. The first-order valence-electron chi connectivity index (χ1n) is 8.17. The molecule has 0 aliphatic heterocycles. The van der Waals surface area contributed by atoms with E-state index in [4.69, 9.17) is 0 Å². The van der Waals surface area contributed by atoms with Crippen molar-refractivity contribution < 1.29 is 4.79 Å². The van der Waals surface area contributed by atoms with Crippen molar-refractivity contribution in [2.24, 2.45) is 5.41 Å². The van der Waals surface area contributed by atoms with Gasteiger partial charge in [-0.25, -0.2) is 0 Å². The predicted octanol–water partition coefficient (Wildman–Crippen LogP) is 4.41. The number of nitriles is 1. The van der Waals surface area contributed by atoms with Gasteiger partial charge in [0.05, 0.1) is 11.1 Å². The van der Waals surface area contributed by atoms with E-state index in [1.807, 2.05) is 46.8 Å². The molecule has 1 aromatic carbocycles. The molecule has 25 heavy (non-hydrogen) atoms. The van der Waals surface area contributed by atoms with E-state index in [2.05, 4.69) is 22.4 Å². The molecule has 2 rings (SSSR count). The molecular formula is C21H23N3O. The van der Waals surface area contributed by atoms with Gasteiger partial charge in [0, 0.05) is 23.5 Å². The van der Waals surface area contributed by atoms with Crippen LogP contribution in [0.25, 0.3) is 5.57 Å². The number of aromatic nitrogens is 1. The summed E-state index contributed by atoms with van der Waals surface area (Å²) in [5.41, 5.74) is 4.12.